The Hall–Kier alpha value is -1.08. The van der Waals surface area contributed by atoms with E-state index >= 15 is 0 Å². The molecule has 0 radical (unpaired) electrons. The third kappa shape index (κ3) is 9.87. The van der Waals surface area contributed by atoms with E-state index in [1.165, 1.54) is 43.7 Å². The van der Waals surface area contributed by atoms with Crippen molar-refractivity contribution in [2.24, 2.45) is 34.5 Å². The van der Waals surface area contributed by atoms with Gasteiger partial charge in [-0.3, -0.25) is 0 Å². The Kier molecular flexibility index (Phi) is 13.5. The van der Waals surface area contributed by atoms with E-state index in [2.05, 4.69) is 135 Å². The molecule has 0 unspecified atom stereocenters. The van der Waals surface area contributed by atoms with Gasteiger partial charge in [0.1, 0.15) is 12.6 Å². The molecule has 7 atom stereocenters. The smallest absolute Gasteiger partial charge is 0.192 e. The number of aromatic nitrogens is 2. The van der Waals surface area contributed by atoms with Gasteiger partial charge in [0.05, 0.1) is 17.6 Å². The molecular weight excluding hydrogens is 727 g/mol. The maximum absolute atomic E-state index is 7.23. The zero-order chi connectivity index (χ0) is 40.8. The van der Waals surface area contributed by atoms with Crippen LogP contribution >= 0.6 is 0 Å². The third-order valence-corrected chi connectivity index (χ3v) is 26.8. The highest BCUT2D eigenvalue weighted by Crippen LogP contribution is 2.64. The number of nitrogens with zero attached hydrogens (tertiary/aromatic N) is 2. The van der Waals surface area contributed by atoms with Crippen molar-refractivity contribution in [2.75, 3.05) is 19.8 Å². The molecule has 2 aromatic rings. The monoisotopic (exact) mass is 810 g/mol. The summed E-state index contributed by atoms with van der Waals surface area (Å²) in [6, 6.07) is 9.73. The van der Waals surface area contributed by atoms with Crippen molar-refractivity contribution in [3.63, 3.8) is 0 Å². The standard InChI is InChI=1S/C46H83N3O3Si3/c1-34-21-22-38-37(30-47-31-42-48-40-19-17-18-20-41(40)49(42)33-50-27-28-53(10,11)12)39(24-26-45(34,38)8)46(9)25-23-36(52-55(15,16)44(5,6)7)29-35(46)32-51-54(13,14)43(2,3)4/h17-20,35-39,47H,1,21-33H2,2-16H3/t35-,36+,37+,38+,39+,45-,46+/m1/s1. The van der Waals surface area contributed by atoms with Crippen molar-refractivity contribution >= 4 is 35.7 Å². The number of benzene rings is 1. The van der Waals surface area contributed by atoms with Crippen LogP contribution in [0, 0.1) is 34.5 Å². The van der Waals surface area contributed by atoms with Crippen LogP contribution in [0.1, 0.15) is 106 Å². The van der Waals surface area contributed by atoms with Crippen molar-refractivity contribution in [1.82, 2.24) is 14.9 Å². The predicted molar refractivity (Wildman–Crippen MR) is 242 cm³/mol. The summed E-state index contributed by atoms with van der Waals surface area (Å²) in [7, 11) is -5.00. The lowest BCUT2D eigenvalue weighted by atomic mass is 9.49. The predicted octanol–water partition coefficient (Wildman–Crippen LogP) is 12.7. The van der Waals surface area contributed by atoms with E-state index in [-0.39, 0.29) is 20.9 Å². The maximum Gasteiger partial charge on any atom is 0.192 e. The number of ether oxygens (including phenoxy) is 1. The maximum atomic E-state index is 7.23. The molecule has 1 N–H and O–H groups in total. The zero-order valence-corrected chi connectivity index (χ0v) is 41.2. The van der Waals surface area contributed by atoms with Crippen LogP contribution in [0.25, 0.3) is 11.0 Å². The summed E-state index contributed by atoms with van der Waals surface area (Å²) in [5.41, 5.74) is 4.12. The Morgan fingerprint density at radius 1 is 0.891 bits per heavy atom. The SMILES string of the molecule is C=C1CC[C@H]2[C@H](CNCc3nc4ccccc4n3COCC[Si](C)(C)C)[C@@H]([C@@]3(C)CC[C@H](O[Si](C)(C)C(C)(C)C)C[C@@H]3CO[Si](C)(C)C(C)(C)C)CC[C@]12C. The molecule has 0 aliphatic heterocycles. The van der Waals surface area contributed by atoms with Gasteiger partial charge in [-0.25, -0.2) is 4.98 Å². The second kappa shape index (κ2) is 16.5. The molecule has 0 spiro atoms. The number of allylic oxidation sites excluding steroid dienone is 1. The van der Waals surface area contributed by atoms with Gasteiger partial charge < -0.3 is 23.5 Å². The van der Waals surface area contributed by atoms with Gasteiger partial charge in [0, 0.05) is 27.4 Å². The van der Waals surface area contributed by atoms with Gasteiger partial charge in [-0.05, 0) is 140 Å². The third-order valence-electron chi connectivity index (χ3n) is 16.1. The fourth-order valence-electron chi connectivity index (χ4n) is 9.94. The zero-order valence-electron chi connectivity index (χ0n) is 38.2. The molecular formula is C46H83N3O3Si3. The summed E-state index contributed by atoms with van der Waals surface area (Å²) in [6.45, 7) is 45.2. The van der Waals surface area contributed by atoms with E-state index in [1.807, 2.05) is 0 Å². The molecule has 1 aromatic carbocycles. The Morgan fingerprint density at radius 2 is 1.56 bits per heavy atom. The highest BCUT2D eigenvalue weighted by atomic mass is 28.4. The van der Waals surface area contributed by atoms with Gasteiger partial charge in [0.2, 0.25) is 0 Å². The van der Waals surface area contributed by atoms with Crippen LogP contribution in [0.3, 0.4) is 0 Å². The first-order valence-electron chi connectivity index (χ1n) is 22.0. The van der Waals surface area contributed by atoms with Crippen molar-refractivity contribution in [2.45, 2.75) is 182 Å². The molecule has 1 heterocycles. The van der Waals surface area contributed by atoms with E-state index in [0.717, 1.165) is 56.0 Å². The molecule has 0 saturated heterocycles. The fourth-order valence-corrected chi connectivity index (χ4v) is 13.1. The van der Waals surface area contributed by atoms with Gasteiger partial charge in [0.25, 0.3) is 0 Å². The lowest BCUT2D eigenvalue weighted by molar-refractivity contribution is -0.0897. The summed E-state index contributed by atoms with van der Waals surface area (Å²) in [5, 5.41) is 4.45. The largest absolute Gasteiger partial charge is 0.417 e. The van der Waals surface area contributed by atoms with Crippen molar-refractivity contribution < 1.29 is 13.6 Å². The van der Waals surface area contributed by atoms with Crippen LogP contribution < -0.4 is 5.32 Å². The molecule has 6 nitrogen and oxygen atoms in total. The average Bonchev–Trinajstić information content (AvgIpc) is 3.57. The van der Waals surface area contributed by atoms with Crippen LogP contribution in [0.5, 0.6) is 0 Å². The topological polar surface area (TPSA) is 57.5 Å². The summed E-state index contributed by atoms with van der Waals surface area (Å²) < 4.78 is 23.1. The molecule has 3 saturated carbocycles. The van der Waals surface area contributed by atoms with Crippen LogP contribution in [-0.2, 0) is 26.9 Å². The molecule has 9 heteroatoms. The normalized spacial score (nSPS) is 29.9. The Labute approximate surface area is 341 Å². The minimum atomic E-state index is -1.93. The second-order valence-electron chi connectivity index (χ2n) is 22.9. The number of hydrogen-bond donors (Lipinski definition) is 1. The molecule has 3 fully saturated rings. The van der Waals surface area contributed by atoms with Crippen LogP contribution in [0.2, 0.25) is 61.9 Å². The summed E-state index contributed by atoms with van der Waals surface area (Å²) in [5.74, 6) is 3.39. The van der Waals surface area contributed by atoms with E-state index in [9.17, 15) is 0 Å². The summed E-state index contributed by atoms with van der Waals surface area (Å²) >= 11 is 0. The van der Waals surface area contributed by atoms with E-state index in [0.29, 0.717) is 36.5 Å². The van der Waals surface area contributed by atoms with E-state index in [1.54, 1.807) is 0 Å². The van der Waals surface area contributed by atoms with Gasteiger partial charge in [-0.15, -0.1) is 0 Å². The number of fused-ring (bicyclic) bond motifs is 2. The number of hydrogen-bond acceptors (Lipinski definition) is 5. The number of nitrogens with one attached hydrogen (secondary N) is 1. The molecule has 55 heavy (non-hydrogen) atoms. The lowest BCUT2D eigenvalue weighted by Gasteiger charge is -2.58. The Balaban J connectivity index is 1.42. The minimum Gasteiger partial charge on any atom is -0.417 e. The number of imidazole rings is 1. The van der Waals surface area contributed by atoms with Gasteiger partial charge in [0.15, 0.2) is 16.6 Å². The van der Waals surface area contributed by atoms with Gasteiger partial charge >= 0.3 is 0 Å². The first-order chi connectivity index (χ1) is 25.3. The Morgan fingerprint density at radius 3 is 2.22 bits per heavy atom. The number of para-hydroxylation sites is 2. The van der Waals surface area contributed by atoms with Crippen LogP contribution in [-0.4, -0.2) is 60.1 Å². The highest BCUT2D eigenvalue weighted by Gasteiger charge is 2.57. The molecule has 3 aliphatic carbocycles. The lowest BCUT2D eigenvalue weighted by Crippen LogP contribution is -2.55. The van der Waals surface area contributed by atoms with E-state index < -0.39 is 24.7 Å². The fraction of sp³-hybridized carbons (Fsp3) is 0.804. The average molecular weight is 810 g/mol. The minimum absolute atomic E-state index is 0.185. The molecule has 3 aliphatic rings. The van der Waals surface area contributed by atoms with Crippen molar-refractivity contribution in [3.05, 3.63) is 42.2 Å². The van der Waals surface area contributed by atoms with Crippen LogP contribution in [0.15, 0.2) is 36.4 Å². The quantitative estimate of drug-likeness (QED) is 0.110. The first kappa shape index (κ1) is 45.0. The molecule has 312 valence electrons. The van der Waals surface area contributed by atoms with Crippen molar-refractivity contribution in [1.29, 1.82) is 0 Å². The molecule has 0 amide bonds. The molecule has 1 aromatic heterocycles. The van der Waals surface area contributed by atoms with E-state index in [4.69, 9.17) is 25.2 Å². The Bertz CT molecular complexity index is 1620. The molecule has 0 bridgehead atoms. The van der Waals surface area contributed by atoms with Gasteiger partial charge in [-0.2, -0.15) is 0 Å². The van der Waals surface area contributed by atoms with Gasteiger partial charge in [-0.1, -0.05) is 99.3 Å². The molecule has 5 rings (SSSR count). The summed E-state index contributed by atoms with van der Waals surface area (Å²) in [4.78, 5) is 5.16. The first-order valence-corrected chi connectivity index (χ1v) is 31.5. The number of rotatable bonds is 15. The highest BCUT2D eigenvalue weighted by molar-refractivity contribution is 6.76. The summed E-state index contributed by atoms with van der Waals surface area (Å²) in [6.07, 6.45) is 8.77. The second-order valence-corrected chi connectivity index (χ2v) is 38.1. The van der Waals surface area contributed by atoms with Crippen LogP contribution in [0.4, 0.5) is 0 Å². The van der Waals surface area contributed by atoms with Crippen molar-refractivity contribution in [3.8, 4) is 0 Å².